The molecule has 2 heterocycles. The number of hydrogen-bond donors (Lipinski definition) is 2. The average molecular weight is 560 g/mol. The number of cyclic esters (lactones) is 1. The summed E-state index contributed by atoms with van der Waals surface area (Å²) in [5.74, 6) is -7.20. The normalized spacial score (nSPS) is 21.0. The minimum Gasteiger partial charge on any atom is -0.446 e. The molecule has 1 aromatic heterocycles. The lowest BCUT2D eigenvalue weighted by atomic mass is 9.76. The van der Waals surface area contributed by atoms with Crippen LogP contribution in [0.25, 0.3) is 0 Å². The molecule has 2 aromatic carbocycles. The number of benzene rings is 2. The summed E-state index contributed by atoms with van der Waals surface area (Å²) in [5.41, 5.74) is -2.05. The van der Waals surface area contributed by atoms with Gasteiger partial charge in [0, 0.05) is 42.0 Å². The molecule has 2 aliphatic rings. The molecule has 9 nitrogen and oxygen atoms in total. The molecule has 0 spiro atoms. The minimum atomic E-state index is -2.93. The van der Waals surface area contributed by atoms with Crippen molar-refractivity contribution in [2.45, 2.75) is 36.3 Å². The number of nitrogens with one attached hydrogen (secondary N) is 2. The van der Waals surface area contributed by atoms with E-state index >= 15 is 0 Å². The quantitative estimate of drug-likeness (QED) is 0.446. The third-order valence-electron chi connectivity index (χ3n) is 6.62. The van der Waals surface area contributed by atoms with Crippen LogP contribution >= 0.6 is 11.6 Å². The summed E-state index contributed by atoms with van der Waals surface area (Å²) in [4.78, 5) is 50.2. The standard InChI is InChI=1S/C26H21ClF3N5O4/c27-19-8-2-1-7-18(19)20(21(36)33-17-12-25(29,30)13-17)26(22(37)34-16-6-3-5-15(28)11-16)14-39-24(38)35(26)23-31-9-4-10-32-23/h1-11,17,20H,12-14H2,(H,33,36)(H,34,37)/t20-,26?/m0/s1. The summed E-state index contributed by atoms with van der Waals surface area (Å²) in [6, 6.07) is 11.7. The van der Waals surface area contributed by atoms with E-state index in [9.17, 15) is 27.6 Å². The third kappa shape index (κ3) is 4.99. The van der Waals surface area contributed by atoms with Crippen LogP contribution in [0.5, 0.6) is 0 Å². The zero-order valence-electron chi connectivity index (χ0n) is 20.1. The fraction of sp³-hybridized carbons (Fsp3) is 0.269. The number of anilines is 2. The third-order valence-corrected chi connectivity index (χ3v) is 6.96. The Hall–Kier alpha value is -4.19. The number of alkyl halides is 2. The second-order valence-electron chi connectivity index (χ2n) is 9.25. The van der Waals surface area contributed by atoms with Crippen LogP contribution < -0.4 is 15.5 Å². The predicted molar refractivity (Wildman–Crippen MR) is 134 cm³/mol. The number of carbonyl (C=O) groups excluding carboxylic acids is 3. The highest BCUT2D eigenvalue weighted by Gasteiger charge is 2.63. The van der Waals surface area contributed by atoms with Crippen molar-refractivity contribution in [1.29, 1.82) is 0 Å². The van der Waals surface area contributed by atoms with E-state index in [-0.39, 0.29) is 22.2 Å². The monoisotopic (exact) mass is 559 g/mol. The van der Waals surface area contributed by atoms with Crippen LogP contribution in [-0.4, -0.2) is 52.0 Å². The minimum absolute atomic E-state index is 0.0320. The number of aromatic nitrogens is 2. The molecular weight excluding hydrogens is 539 g/mol. The fourth-order valence-corrected chi connectivity index (χ4v) is 5.06. The number of nitrogens with zero attached hydrogens (tertiary/aromatic N) is 3. The molecule has 2 N–H and O–H groups in total. The van der Waals surface area contributed by atoms with Gasteiger partial charge in [0.05, 0.1) is 0 Å². The van der Waals surface area contributed by atoms with E-state index in [2.05, 4.69) is 20.6 Å². The van der Waals surface area contributed by atoms with Gasteiger partial charge in [0.25, 0.3) is 11.8 Å². The van der Waals surface area contributed by atoms with Gasteiger partial charge in [0.1, 0.15) is 18.3 Å². The predicted octanol–water partition coefficient (Wildman–Crippen LogP) is 4.30. The van der Waals surface area contributed by atoms with Crippen LogP contribution in [-0.2, 0) is 14.3 Å². The summed E-state index contributed by atoms with van der Waals surface area (Å²) in [5, 5.41) is 5.19. The Morgan fingerprint density at radius 2 is 1.79 bits per heavy atom. The lowest BCUT2D eigenvalue weighted by molar-refractivity contribution is -0.135. The number of hydrogen-bond acceptors (Lipinski definition) is 6. The molecule has 0 bridgehead atoms. The Morgan fingerprint density at radius 3 is 2.46 bits per heavy atom. The van der Waals surface area contributed by atoms with Crippen LogP contribution in [0.1, 0.15) is 24.3 Å². The van der Waals surface area contributed by atoms with Gasteiger partial charge in [-0.3, -0.25) is 9.59 Å². The van der Waals surface area contributed by atoms with E-state index in [0.717, 1.165) is 11.0 Å². The summed E-state index contributed by atoms with van der Waals surface area (Å²) in [6.07, 6.45) is 0.444. The second kappa shape index (κ2) is 10.2. The van der Waals surface area contributed by atoms with Crippen molar-refractivity contribution in [1.82, 2.24) is 15.3 Å². The molecule has 2 atom stereocenters. The summed E-state index contributed by atoms with van der Waals surface area (Å²) >= 11 is 6.49. The van der Waals surface area contributed by atoms with Gasteiger partial charge in [-0.15, -0.1) is 0 Å². The molecule has 39 heavy (non-hydrogen) atoms. The van der Waals surface area contributed by atoms with Gasteiger partial charge >= 0.3 is 6.09 Å². The molecule has 1 saturated carbocycles. The molecule has 3 aromatic rings. The zero-order chi connectivity index (χ0) is 27.8. The number of ether oxygens (including phenoxy) is 1. The van der Waals surface area contributed by atoms with E-state index < -0.39 is 66.6 Å². The van der Waals surface area contributed by atoms with Crippen molar-refractivity contribution in [3.63, 3.8) is 0 Å². The van der Waals surface area contributed by atoms with E-state index in [4.69, 9.17) is 16.3 Å². The Bertz CT molecular complexity index is 1420. The highest BCUT2D eigenvalue weighted by atomic mass is 35.5. The SMILES string of the molecule is O=C(NC1CC(F)(F)C1)[C@H](c1ccccc1Cl)C1(C(=O)Nc2cccc(F)c2)COC(=O)N1c1ncccn1. The van der Waals surface area contributed by atoms with Gasteiger partial charge < -0.3 is 15.4 Å². The largest absolute Gasteiger partial charge is 0.446 e. The Balaban J connectivity index is 1.67. The highest BCUT2D eigenvalue weighted by Crippen LogP contribution is 2.44. The van der Waals surface area contributed by atoms with Crippen molar-refractivity contribution in [3.05, 3.63) is 83.4 Å². The van der Waals surface area contributed by atoms with Crippen LogP contribution in [0, 0.1) is 5.82 Å². The highest BCUT2D eigenvalue weighted by molar-refractivity contribution is 6.32. The molecule has 2 fully saturated rings. The van der Waals surface area contributed by atoms with Crippen LogP contribution in [0.4, 0.5) is 29.6 Å². The molecule has 13 heteroatoms. The van der Waals surface area contributed by atoms with Gasteiger partial charge in [-0.05, 0) is 35.9 Å². The van der Waals surface area contributed by atoms with Crippen LogP contribution in [0.2, 0.25) is 5.02 Å². The molecule has 0 radical (unpaired) electrons. The summed E-state index contributed by atoms with van der Waals surface area (Å²) in [6.45, 7) is -0.657. The Morgan fingerprint density at radius 1 is 1.08 bits per heavy atom. The maximum absolute atomic E-state index is 14.2. The van der Waals surface area contributed by atoms with Crippen molar-refractivity contribution in [2.75, 3.05) is 16.8 Å². The smallest absolute Gasteiger partial charge is 0.417 e. The van der Waals surface area contributed by atoms with Crippen molar-refractivity contribution in [3.8, 4) is 0 Å². The van der Waals surface area contributed by atoms with E-state index in [1.807, 2.05) is 0 Å². The fourth-order valence-electron chi connectivity index (χ4n) is 4.82. The number of amides is 3. The van der Waals surface area contributed by atoms with E-state index in [1.165, 1.54) is 48.8 Å². The lowest BCUT2D eigenvalue weighted by Gasteiger charge is -2.41. The first kappa shape index (κ1) is 26.4. The number of carbonyl (C=O) groups is 3. The second-order valence-corrected chi connectivity index (χ2v) is 9.66. The van der Waals surface area contributed by atoms with Crippen molar-refractivity contribution >= 4 is 41.1 Å². The van der Waals surface area contributed by atoms with Crippen molar-refractivity contribution < 1.29 is 32.3 Å². The van der Waals surface area contributed by atoms with Gasteiger partial charge in [0.15, 0.2) is 5.54 Å². The Kier molecular flexibility index (Phi) is 6.89. The van der Waals surface area contributed by atoms with Crippen LogP contribution in [0.15, 0.2) is 67.0 Å². The molecule has 202 valence electrons. The zero-order valence-corrected chi connectivity index (χ0v) is 20.9. The molecule has 1 aliphatic carbocycles. The molecule has 1 aliphatic heterocycles. The van der Waals surface area contributed by atoms with E-state index in [0.29, 0.717) is 0 Å². The molecule has 5 rings (SSSR count). The van der Waals surface area contributed by atoms with Gasteiger partial charge in [-0.2, -0.15) is 0 Å². The van der Waals surface area contributed by atoms with Crippen LogP contribution in [0.3, 0.4) is 0 Å². The first-order chi connectivity index (χ1) is 18.6. The number of halogens is 4. The summed E-state index contributed by atoms with van der Waals surface area (Å²) in [7, 11) is 0. The van der Waals surface area contributed by atoms with Crippen molar-refractivity contribution in [2.24, 2.45) is 0 Å². The van der Waals surface area contributed by atoms with Gasteiger partial charge in [0.2, 0.25) is 11.9 Å². The lowest BCUT2D eigenvalue weighted by Crippen LogP contribution is -2.64. The average Bonchev–Trinajstić information content (AvgIpc) is 3.22. The maximum atomic E-state index is 14.2. The topological polar surface area (TPSA) is 114 Å². The van der Waals surface area contributed by atoms with Gasteiger partial charge in [-0.25, -0.2) is 32.8 Å². The van der Waals surface area contributed by atoms with E-state index in [1.54, 1.807) is 12.1 Å². The molecule has 3 amide bonds. The molecule has 1 unspecified atom stereocenters. The van der Waals surface area contributed by atoms with Gasteiger partial charge in [-0.1, -0.05) is 35.9 Å². The summed E-state index contributed by atoms with van der Waals surface area (Å²) < 4.78 is 46.4. The molecular formula is C26H21ClF3N5O4. The first-order valence-electron chi connectivity index (χ1n) is 11.8. The number of rotatable bonds is 7. The Labute approximate surface area is 225 Å². The first-order valence-corrected chi connectivity index (χ1v) is 12.2. The maximum Gasteiger partial charge on any atom is 0.417 e. The molecule has 1 saturated heterocycles.